The Morgan fingerprint density at radius 1 is 0.946 bits per heavy atom. The van der Waals surface area contributed by atoms with Crippen molar-refractivity contribution in [1.82, 2.24) is 5.32 Å². The Kier molecular flexibility index (Phi) is 5.39. The Labute approximate surface area is 215 Å². The van der Waals surface area contributed by atoms with Crippen molar-refractivity contribution in [3.8, 4) is 0 Å². The molecule has 2 saturated carbocycles. The van der Waals surface area contributed by atoms with E-state index in [2.05, 4.69) is 11.4 Å². The fourth-order valence-electron chi connectivity index (χ4n) is 7.77. The second kappa shape index (κ2) is 8.69. The second-order valence-corrected chi connectivity index (χ2v) is 11.2. The lowest BCUT2D eigenvalue weighted by Gasteiger charge is -2.39. The van der Waals surface area contributed by atoms with Crippen LogP contribution in [0.3, 0.4) is 0 Å². The zero-order chi connectivity index (χ0) is 25.1. The van der Waals surface area contributed by atoms with E-state index in [9.17, 15) is 14.4 Å². The van der Waals surface area contributed by atoms with Crippen LogP contribution >= 0.6 is 0 Å². The summed E-state index contributed by atoms with van der Waals surface area (Å²) >= 11 is 0. The molecule has 4 fully saturated rings. The average molecular weight is 502 g/mol. The predicted octanol–water partition coefficient (Wildman–Crippen LogP) is 3.26. The predicted molar refractivity (Wildman–Crippen MR) is 132 cm³/mol. The Balaban J connectivity index is 1.14. The number of carbonyl (C=O) groups excluding carboxylic acids is 3. The number of hydrogen-bond donors (Lipinski definition) is 1. The zero-order valence-corrected chi connectivity index (χ0v) is 20.6. The lowest BCUT2D eigenvalue weighted by molar-refractivity contribution is -0.179. The molecule has 2 saturated heterocycles. The van der Waals surface area contributed by atoms with Gasteiger partial charge in [0, 0.05) is 24.7 Å². The van der Waals surface area contributed by atoms with E-state index >= 15 is 0 Å². The van der Waals surface area contributed by atoms with Crippen LogP contribution in [0.2, 0.25) is 0 Å². The molecule has 2 aliphatic heterocycles. The van der Waals surface area contributed by atoms with Crippen molar-refractivity contribution in [2.45, 2.75) is 55.8 Å². The summed E-state index contributed by atoms with van der Waals surface area (Å²) in [6.45, 7) is 1.49. The van der Waals surface area contributed by atoms with E-state index in [-0.39, 0.29) is 35.7 Å². The van der Waals surface area contributed by atoms with E-state index in [1.165, 1.54) is 5.56 Å². The Morgan fingerprint density at radius 3 is 2.51 bits per heavy atom. The highest BCUT2D eigenvalue weighted by atomic mass is 16.6. The maximum absolute atomic E-state index is 13.9. The Bertz CT molecular complexity index is 1240. The highest BCUT2D eigenvalue weighted by Crippen LogP contribution is 2.59. The highest BCUT2D eigenvalue weighted by Gasteiger charge is 2.70. The minimum atomic E-state index is -0.729. The fraction of sp³-hybridized carbons (Fsp3) is 0.500. The maximum Gasteiger partial charge on any atom is 0.313 e. The monoisotopic (exact) mass is 501 g/mol. The van der Waals surface area contributed by atoms with Gasteiger partial charge in [0.2, 0.25) is 0 Å². The summed E-state index contributed by atoms with van der Waals surface area (Å²) in [5.41, 5.74) is 2.44. The lowest BCUT2D eigenvalue weighted by atomic mass is 9.78. The number of carbonyl (C=O) groups is 3. The Morgan fingerprint density at radius 2 is 1.70 bits per heavy atom. The summed E-state index contributed by atoms with van der Waals surface area (Å²) in [5.74, 6) is -2.87. The van der Waals surface area contributed by atoms with Gasteiger partial charge < -0.3 is 19.5 Å². The SMILES string of the molecule is O=C(OC1C2CC3C1OC(=O)C3C2C(=O)OC1(c2ccccc2)CCNCC1)C1CCc2ccccc21. The first-order chi connectivity index (χ1) is 18.1. The van der Waals surface area contributed by atoms with Gasteiger partial charge in [-0.2, -0.15) is 0 Å². The van der Waals surface area contributed by atoms with Gasteiger partial charge in [-0.3, -0.25) is 14.4 Å². The van der Waals surface area contributed by atoms with Crippen molar-refractivity contribution >= 4 is 17.9 Å². The third-order valence-corrected chi connectivity index (χ3v) is 9.49. The number of rotatable bonds is 5. The highest BCUT2D eigenvalue weighted by molar-refractivity contribution is 5.87. The number of ether oxygens (including phenoxy) is 3. The van der Waals surface area contributed by atoms with Crippen LogP contribution in [0.4, 0.5) is 0 Å². The summed E-state index contributed by atoms with van der Waals surface area (Å²) < 4.78 is 18.2. The average Bonchev–Trinajstić information content (AvgIpc) is 3.66. The largest absolute Gasteiger partial charge is 0.458 e. The molecule has 5 aliphatic rings. The quantitative estimate of drug-likeness (QED) is 0.497. The number of esters is 3. The van der Waals surface area contributed by atoms with E-state index in [1.807, 2.05) is 48.5 Å². The van der Waals surface area contributed by atoms with Crippen LogP contribution in [0.5, 0.6) is 0 Å². The van der Waals surface area contributed by atoms with Gasteiger partial charge in [-0.25, -0.2) is 0 Å². The molecule has 2 aromatic rings. The van der Waals surface area contributed by atoms with Crippen LogP contribution in [-0.2, 0) is 40.6 Å². The van der Waals surface area contributed by atoms with E-state index < -0.39 is 29.6 Å². The molecular formula is C30H31NO6. The Hall–Kier alpha value is -3.19. The molecule has 0 aromatic heterocycles. The molecule has 1 N–H and O–H groups in total. The molecule has 2 heterocycles. The standard InChI is InChI=1S/C30H31NO6/c32-27(20-11-10-17-6-4-5-9-19(17)20)35-25-22-16-21-23(28(33)36-26(21)25)24(22)29(34)37-30(12-14-31-15-13-30)18-7-2-1-3-8-18/h1-9,20-26,31H,10-16H2. The van der Waals surface area contributed by atoms with Gasteiger partial charge in [0.15, 0.2) is 0 Å². The number of nitrogens with one attached hydrogen (secondary N) is 1. The van der Waals surface area contributed by atoms with Gasteiger partial charge >= 0.3 is 17.9 Å². The van der Waals surface area contributed by atoms with Crippen LogP contribution < -0.4 is 5.32 Å². The second-order valence-electron chi connectivity index (χ2n) is 11.2. The van der Waals surface area contributed by atoms with Gasteiger partial charge in [-0.1, -0.05) is 54.6 Å². The van der Waals surface area contributed by atoms with Gasteiger partial charge in [0.05, 0.1) is 17.8 Å². The third kappa shape index (κ3) is 3.54. The molecule has 2 aromatic carbocycles. The molecule has 7 atom stereocenters. The van der Waals surface area contributed by atoms with Crippen molar-refractivity contribution in [1.29, 1.82) is 0 Å². The molecule has 7 unspecified atom stereocenters. The molecule has 7 heteroatoms. The zero-order valence-electron chi connectivity index (χ0n) is 20.6. The number of aryl methyl sites for hydroxylation is 1. The van der Waals surface area contributed by atoms with Crippen molar-refractivity contribution in [2.24, 2.45) is 23.7 Å². The number of benzene rings is 2. The first-order valence-electron chi connectivity index (χ1n) is 13.5. The van der Waals surface area contributed by atoms with E-state index in [1.54, 1.807) is 0 Å². The molecule has 192 valence electrons. The smallest absolute Gasteiger partial charge is 0.313 e. The van der Waals surface area contributed by atoms with Gasteiger partial charge in [-0.15, -0.1) is 0 Å². The van der Waals surface area contributed by atoms with Crippen LogP contribution in [-0.4, -0.2) is 43.2 Å². The third-order valence-electron chi connectivity index (χ3n) is 9.49. The number of piperidine rings is 1. The lowest BCUT2D eigenvalue weighted by Crippen LogP contribution is -2.48. The molecule has 0 radical (unpaired) electrons. The van der Waals surface area contributed by atoms with Crippen molar-refractivity contribution in [3.05, 3.63) is 71.3 Å². The minimum absolute atomic E-state index is 0.107. The molecule has 2 bridgehead atoms. The summed E-state index contributed by atoms with van der Waals surface area (Å²) in [4.78, 5) is 40.1. The topological polar surface area (TPSA) is 90.9 Å². The first kappa shape index (κ1) is 23.0. The van der Waals surface area contributed by atoms with E-state index in [0.717, 1.165) is 30.6 Å². The molecular weight excluding hydrogens is 470 g/mol. The molecule has 7 rings (SSSR count). The molecule has 3 aliphatic carbocycles. The maximum atomic E-state index is 13.9. The van der Waals surface area contributed by atoms with Crippen LogP contribution in [0.15, 0.2) is 54.6 Å². The van der Waals surface area contributed by atoms with Crippen molar-refractivity contribution in [3.63, 3.8) is 0 Å². The normalized spacial score (nSPS) is 34.6. The van der Waals surface area contributed by atoms with Gasteiger partial charge in [0.1, 0.15) is 17.8 Å². The van der Waals surface area contributed by atoms with E-state index in [0.29, 0.717) is 25.7 Å². The van der Waals surface area contributed by atoms with Crippen LogP contribution in [0.25, 0.3) is 0 Å². The van der Waals surface area contributed by atoms with Crippen LogP contribution in [0.1, 0.15) is 48.3 Å². The molecule has 0 amide bonds. The fourth-order valence-corrected chi connectivity index (χ4v) is 7.77. The van der Waals surface area contributed by atoms with E-state index in [4.69, 9.17) is 14.2 Å². The van der Waals surface area contributed by atoms with Gasteiger partial charge in [0.25, 0.3) is 0 Å². The first-order valence-corrected chi connectivity index (χ1v) is 13.5. The molecule has 7 nitrogen and oxygen atoms in total. The molecule has 37 heavy (non-hydrogen) atoms. The summed E-state index contributed by atoms with van der Waals surface area (Å²) in [5, 5.41) is 3.35. The number of hydrogen-bond acceptors (Lipinski definition) is 7. The van der Waals surface area contributed by atoms with Gasteiger partial charge in [-0.05, 0) is 49.0 Å². The summed E-state index contributed by atoms with van der Waals surface area (Å²) in [6, 6.07) is 17.9. The van der Waals surface area contributed by atoms with Crippen molar-refractivity contribution < 1.29 is 28.6 Å². The summed E-state index contributed by atoms with van der Waals surface area (Å²) in [6.07, 6.45) is 2.46. The number of fused-ring (bicyclic) bond motifs is 2. The minimum Gasteiger partial charge on any atom is -0.458 e. The van der Waals surface area contributed by atoms with Crippen molar-refractivity contribution in [2.75, 3.05) is 13.1 Å². The molecule has 0 spiro atoms. The van der Waals surface area contributed by atoms with Crippen LogP contribution in [0, 0.1) is 23.7 Å². The summed E-state index contributed by atoms with van der Waals surface area (Å²) in [7, 11) is 0.